The molecule has 0 saturated heterocycles. The van der Waals surface area contributed by atoms with Crippen molar-refractivity contribution < 1.29 is 0 Å². The van der Waals surface area contributed by atoms with Gasteiger partial charge in [-0.2, -0.15) is 0 Å². The molecule has 1 rings (SSSR count). The maximum Gasteiger partial charge on any atom is 0.0316 e. The van der Waals surface area contributed by atoms with Crippen molar-refractivity contribution in [3.63, 3.8) is 0 Å². The van der Waals surface area contributed by atoms with Crippen molar-refractivity contribution >= 4 is 5.69 Å². The molecule has 0 aliphatic heterocycles. The molecule has 0 saturated carbocycles. The van der Waals surface area contributed by atoms with Crippen LogP contribution in [0.1, 0.15) is 31.4 Å². The number of allylic oxidation sites excluding steroid dienone is 5. The van der Waals surface area contributed by atoms with Gasteiger partial charge in [-0.15, -0.1) is 0 Å². The van der Waals surface area contributed by atoms with Crippen LogP contribution >= 0.6 is 0 Å². The van der Waals surface area contributed by atoms with Crippen molar-refractivity contribution in [2.75, 3.05) is 5.73 Å². The van der Waals surface area contributed by atoms with Crippen LogP contribution in [0.15, 0.2) is 54.7 Å². The lowest BCUT2D eigenvalue weighted by molar-refractivity contribution is 0.936. The minimum absolute atomic E-state index is 0.851. The van der Waals surface area contributed by atoms with Gasteiger partial charge in [0.2, 0.25) is 0 Å². The Bertz CT molecular complexity index is 453. The zero-order chi connectivity index (χ0) is 13.4. The summed E-state index contributed by atoms with van der Waals surface area (Å²) in [6.45, 7) is 8.05. The highest BCUT2D eigenvalue weighted by Gasteiger charge is 2.02. The zero-order valence-electron chi connectivity index (χ0n) is 11.4. The van der Waals surface area contributed by atoms with Crippen molar-refractivity contribution in [2.24, 2.45) is 0 Å². The fourth-order valence-electron chi connectivity index (χ4n) is 1.97. The second-order valence-electron chi connectivity index (χ2n) is 4.35. The predicted octanol–water partition coefficient (Wildman–Crippen LogP) is 4.45. The van der Waals surface area contributed by atoms with Crippen LogP contribution < -0.4 is 5.73 Å². The molecule has 0 aliphatic rings. The fourth-order valence-corrected chi connectivity index (χ4v) is 1.97. The molecule has 0 aliphatic carbocycles. The number of hydrogen-bond donors (Lipinski definition) is 1. The molecule has 1 nitrogen and oxygen atoms in total. The van der Waals surface area contributed by atoms with Crippen molar-refractivity contribution in [2.45, 2.75) is 33.1 Å². The van der Waals surface area contributed by atoms with E-state index in [0.29, 0.717) is 0 Å². The Morgan fingerprint density at radius 2 is 2.11 bits per heavy atom. The van der Waals surface area contributed by atoms with Crippen molar-refractivity contribution in [3.8, 4) is 0 Å². The molecule has 0 spiro atoms. The van der Waals surface area contributed by atoms with E-state index in [0.717, 1.165) is 24.9 Å². The molecule has 0 heterocycles. The molecule has 96 valence electrons. The molecule has 18 heavy (non-hydrogen) atoms. The smallest absolute Gasteiger partial charge is 0.0316 e. The van der Waals surface area contributed by atoms with Crippen molar-refractivity contribution in [1.29, 1.82) is 0 Å². The second kappa shape index (κ2) is 7.54. The van der Waals surface area contributed by atoms with Crippen LogP contribution in [0.25, 0.3) is 0 Å². The first kappa shape index (κ1) is 14.3. The van der Waals surface area contributed by atoms with E-state index in [1.165, 1.54) is 16.7 Å². The lowest BCUT2D eigenvalue weighted by atomic mass is 9.97. The first-order chi connectivity index (χ1) is 8.71. The first-order valence-corrected chi connectivity index (χ1v) is 6.52. The molecule has 0 bridgehead atoms. The summed E-state index contributed by atoms with van der Waals surface area (Å²) in [5, 5.41) is 0. The van der Waals surface area contributed by atoms with Gasteiger partial charge in [0.25, 0.3) is 0 Å². The van der Waals surface area contributed by atoms with Crippen LogP contribution in [0.5, 0.6) is 0 Å². The quantitative estimate of drug-likeness (QED) is 0.578. The van der Waals surface area contributed by atoms with E-state index in [2.05, 4.69) is 37.8 Å². The molecule has 0 radical (unpaired) electrons. The van der Waals surface area contributed by atoms with Gasteiger partial charge in [-0.05, 0) is 55.0 Å². The van der Waals surface area contributed by atoms with Gasteiger partial charge in [0, 0.05) is 5.69 Å². The highest BCUT2D eigenvalue weighted by Crippen LogP contribution is 2.18. The molecule has 0 atom stereocenters. The van der Waals surface area contributed by atoms with Crippen LogP contribution in [-0.2, 0) is 12.8 Å². The number of aryl methyl sites for hydroxylation is 2. The highest BCUT2D eigenvalue weighted by atomic mass is 14.5. The van der Waals surface area contributed by atoms with Crippen LogP contribution in [-0.4, -0.2) is 0 Å². The summed E-state index contributed by atoms with van der Waals surface area (Å²) < 4.78 is 0. The third-order valence-electron chi connectivity index (χ3n) is 3.06. The Morgan fingerprint density at radius 3 is 2.72 bits per heavy atom. The number of hydrogen-bond acceptors (Lipinski definition) is 1. The maximum atomic E-state index is 5.81. The number of nitrogens with two attached hydrogens (primary N) is 1. The average Bonchev–Trinajstić information content (AvgIpc) is 2.40. The summed E-state index contributed by atoms with van der Waals surface area (Å²) in [6.07, 6.45) is 11.2. The van der Waals surface area contributed by atoms with E-state index in [9.17, 15) is 0 Å². The molecule has 1 aromatic rings. The summed E-state index contributed by atoms with van der Waals surface area (Å²) in [5.41, 5.74) is 10.7. The normalized spacial score (nSPS) is 12.0. The van der Waals surface area contributed by atoms with Crippen molar-refractivity contribution in [3.05, 3.63) is 65.8 Å². The van der Waals surface area contributed by atoms with E-state index in [1.807, 2.05) is 25.1 Å². The first-order valence-electron chi connectivity index (χ1n) is 6.52. The third-order valence-corrected chi connectivity index (χ3v) is 3.06. The average molecular weight is 241 g/mol. The number of anilines is 1. The van der Waals surface area contributed by atoms with Gasteiger partial charge in [-0.25, -0.2) is 0 Å². The largest absolute Gasteiger partial charge is 0.399 e. The Hall–Kier alpha value is -1.76. The summed E-state index contributed by atoms with van der Waals surface area (Å²) in [4.78, 5) is 0. The van der Waals surface area contributed by atoms with Crippen molar-refractivity contribution in [1.82, 2.24) is 0 Å². The second-order valence-corrected chi connectivity index (χ2v) is 4.35. The lowest BCUT2D eigenvalue weighted by Gasteiger charge is -2.09. The van der Waals surface area contributed by atoms with E-state index in [4.69, 9.17) is 5.73 Å². The van der Waals surface area contributed by atoms with Crippen LogP contribution in [0.3, 0.4) is 0 Å². The highest BCUT2D eigenvalue weighted by molar-refractivity contribution is 5.45. The molecule has 1 heteroatoms. The van der Waals surface area contributed by atoms with Gasteiger partial charge < -0.3 is 5.73 Å². The zero-order valence-corrected chi connectivity index (χ0v) is 11.4. The minimum Gasteiger partial charge on any atom is -0.399 e. The molecule has 0 fully saturated rings. The Labute approximate surface area is 111 Å². The molecular weight excluding hydrogens is 218 g/mol. The third kappa shape index (κ3) is 4.25. The Morgan fingerprint density at radius 1 is 1.33 bits per heavy atom. The maximum absolute atomic E-state index is 5.81. The number of rotatable bonds is 6. The fraction of sp³-hybridized carbons (Fsp3) is 0.294. The summed E-state index contributed by atoms with van der Waals surface area (Å²) in [6, 6.07) is 6.21. The van der Waals surface area contributed by atoms with Gasteiger partial charge >= 0.3 is 0 Å². The molecule has 0 amide bonds. The topological polar surface area (TPSA) is 26.0 Å². The van der Waals surface area contributed by atoms with E-state index in [1.54, 1.807) is 0 Å². The van der Waals surface area contributed by atoms with Gasteiger partial charge in [-0.1, -0.05) is 43.9 Å². The molecule has 1 aromatic carbocycles. The summed E-state index contributed by atoms with van der Waals surface area (Å²) in [5.74, 6) is 0. The van der Waals surface area contributed by atoms with Gasteiger partial charge in [0.15, 0.2) is 0 Å². The standard InChI is InChI=1S/C17H23N/c1-4-7-8-14(5-2)9-10-16-11-12-17(18)13-15(16)6-3/h4-5,7-8,11-13H,2,6,9-10,18H2,1,3H3/b7-4-,14-8+. The number of nitrogen functional groups attached to an aromatic ring is 1. The SMILES string of the molecule is C=C/C(=C\C=C/C)CCc1ccc(N)cc1CC. The van der Waals surface area contributed by atoms with Gasteiger partial charge in [-0.3, -0.25) is 0 Å². The Kier molecular flexibility index (Phi) is 5.99. The Balaban J connectivity index is 2.76. The summed E-state index contributed by atoms with van der Waals surface area (Å²) >= 11 is 0. The van der Waals surface area contributed by atoms with E-state index >= 15 is 0 Å². The summed E-state index contributed by atoms with van der Waals surface area (Å²) in [7, 11) is 0. The van der Waals surface area contributed by atoms with Crippen LogP contribution in [0, 0.1) is 0 Å². The van der Waals surface area contributed by atoms with E-state index in [-0.39, 0.29) is 0 Å². The predicted molar refractivity (Wildman–Crippen MR) is 81.6 cm³/mol. The molecule has 2 N–H and O–H groups in total. The molecular formula is C17H23N. The van der Waals surface area contributed by atoms with Gasteiger partial charge in [0.05, 0.1) is 0 Å². The monoisotopic (exact) mass is 241 g/mol. The number of benzene rings is 1. The minimum atomic E-state index is 0.851. The van der Waals surface area contributed by atoms with Crippen LogP contribution in [0.2, 0.25) is 0 Å². The van der Waals surface area contributed by atoms with Gasteiger partial charge in [0.1, 0.15) is 0 Å². The van der Waals surface area contributed by atoms with Crippen LogP contribution in [0.4, 0.5) is 5.69 Å². The lowest BCUT2D eigenvalue weighted by Crippen LogP contribution is -1.96. The molecule has 0 unspecified atom stereocenters. The molecule has 0 aromatic heterocycles. The van der Waals surface area contributed by atoms with E-state index < -0.39 is 0 Å².